The number of aldehydes is 1. The molecule has 0 saturated carbocycles. The lowest BCUT2D eigenvalue weighted by Gasteiger charge is -2.41. The Labute approximate surface area is 389 Å². The largest absolute Gasteiger partial charge is 0.492 e. The van der Waals surface area contributed by atoms with Crippen LogP contribution in [0.5, 0.6) is 5.75 Å². The summed E-state index contributed by atoms with van der Waals surface area (Å²) in [5, 5.41) is 29.3. The predicted octanol–water partition coefficient (Wildman–Crippen LogP) is 7.97. The lowest BCUT2D eigenvalue weighted by atomic mass is 9.85. The number of nitrogens with zero attached hydrogens (tertiary/aromatic N) is 8. The number of halogens is 2. The first-order valence-corrected chi connectivity index (χ1v) is 23.2. The van der Waals surface area contributed by atoms with Crippen molar-refractivity contribution >= 4 is 51.8 Å². The van der Waals surface area contributed by atoms with Crippen LogP contribution < -0.4 is 30.5 Å². The number of hydrogen-bond donors (Lipinski definition) is 3. The van der Waals surface area contributed by atoms with Gasteiger partial charge in [0.2, 0.25) is 5.91 Å². The Morgan fingerprint density at radius 2 is 1.70 bits per heavy atom. The van der Waals surface area contributed by atoms with Gasteiger partial charge in [0.15, 0.2) is 5.82 Å². The number of carbonyl (C=O) groups excluding carboxylic acids is 3. The molecule has 15 nitrogen and oxygen atoms in total. The number of anilines is 3. The summed E-state index contributed by atoms with van der Waals surface area (Å²) < 4.78 is 38.2. The molecule has 5 heterocycles. The van der Waals surface area contributed by atoms with Gasteiger partial charge in [-0.15, -0.1) is 0 Å². The number of aryl methyl sites for hydroxylation is 1. The Bertz CT molecular complexity index is 2700. The zero-order valence-electron chi connectivity index (χ0n) is 38.5. The van der Waals surface area contributed by atoms with Crippen LogP contribution in [0.15, 0.2) is 73.2 Å². The summed E-state index contributed by atoms with van der Waals surface area (Å²) in [5.41, 5.74) is 2.83. The smallest absolute Gasteiger partial charge is 0.255 e. The molecule has 1 aliphatic rings. The molecule has 2 aromatic carbocycles. The maximum Gasteiger partial charge on any atom is 0.255 e. The number of unbranched alkanes of at least 4 members (excludes halogenated alkanes) is 7. The van der Waals surface area contributed by atoms with Gasteiger partial charge in [-0.05, 0) is 81.1 Å². The minimum Gasteiger partial charge on any atom is -0.492 e. The number of amides is 2. The Kier molecular flexibility index (Phi) is 16.0. The molecule has 352 valence electrons. The fourth-order valence-corrected chi connectivity index (χ4v) is 8.86. The minimum absolute atomic E-state index is 0.208. The average molecular weight is 916 g/mol. The number of rotatable bonds is 23. The molecule has 67 heavy (non-hydrogen) atoms. The summed E-state index contributed by atoms with van der Waals surface area (Å²) in [6, 6.07) is 16.7. The monoisotopic (exact) mass is 915 g/mol. The van der Waals surface area contributed by atoms with Crippen LogP contribution in [0.4, 0.5) is 26.1 Å². The van der Waals surface area contributed by atoms with E-state index in [9.17, 15) is 28.4 Å². The van der Waals surface area contributed by atoms with Gasteiger partial charge in [-0.2, -0.15) is 15.5 Å². The van der Waals surface area contributed by atoms with Gasteiger partial charge in [0.05, 0.1) is 46.8 Å². The van der Waals surface area contributed by atoms with E-state index >= 15 is 0 Å². The predicted molar refractivity (Wildman–Crippen MR) is 255 cm³/mol. The van der Waals surface area contributed by atoms with Crippen LogP contribution >= 0.6 is 0 Å². The van der Waals surface area contributed by atoms with E-state index in [1.54, 1.807) is 16.9 Å². The van der Waals surface area contributed by atoms with Crippen LogP contribution in [-0.4, -0.2) is 94.4 Å². The van der Waals surface area contributed by atoms with Crippen molar-refractivity contribution in [2.24, 2.45) is 7.05 Å². The van der Waals surface area contributed by atoms with Crippen molar-refractivity contribution in [3.8, 4) is 22.9 Å². The number of aromatic nitrogens is 5. The second-order valence-electron chi connectivity index (χ2n) is 17.1. The quantitative estimate of drug-likeness (QED) is 0.0420. The fourth-order valence-electron chi connectivity index (χ4n) is 8.86. The van der Waals surface area contributed by atoms with E-state index in [1.807, 2.05) is 59.8 Å². The van der Waals surface area contributed by atoms with Gasteiger partial charge in [0.25, 0.3) is 5.91 Å². The Balaban J connectivity index is 0.878. The molecule has 0 aliphatic carbocycles. The van der Waals surface area contributed by atoms with Crippen molar-refractivity contribution in [3.63, 3.8) is 0 Å². The zero-order chi connectivity index (χ0) is 47.3. The molecule has 1 fully saturated rings. The van der Waals surface area contributed by atoms with Crippen LogP contribution in [0.3, 0.4) is 0 Å². The van der Waals surface area contributed by atoms with Gasteiger partial charge in [0, 0.05) is 75.9 Å². The van der Waals surface area contributed by atoms with Gasteiger partial charge in [-0.3, -0.25) is 14.3 Å². The Morgan fingerprint density at radius 3 is 2.40 bits per heavy atom. The Morgan fingerprint density at radius 1 is 0.955 bits per heavy atom. The first kappa shape index (κ1) is 47.9. The number of benzene rings is 2. The summed E-state index contributed by atoms with van der Waals surface area (Å²) in [6.45, 7) is 4.96. The van der Waals surface area contributed by atoms with Crippen molar-refractivity contribution in [1.82, 2.24) is 35.0 Å². The molecule has 0 unspecified atom stereocenters. The van der Waals surface area contributed by atoms with Crippen LogP contribution in [-0.2, 0) is 16.6 Å². The lowest BCUT2D eigenvalue weighted by molar-refractivity contribution is -0.128. The second-order valence-corrected chi connectivity index (χ2v) is 17.1. The number of ether oxygens (including phenoxy) is 1. The standard InChI is InChI=1S/C50H59F2N11O4/c1-4-67-38-30-40(45-36(31-53)33-57-63(45)34-38)35-17-20-44(56-32-35)62-26-21-50(22-27-62,58-48(65)41-29-37(51)18-19-42(41)52)49(66)55-24-12-10-8-6-5-7-9-11-23-54-43-16-13-15-39-46(43)61(3)59-47(39)60(2)25-14-28-64/h13,15-20,28-30,32-34,54H,4-12,14,21-27H2,1-3H3,(H,55,66)(H,58,65). The van der Waals surface area contributed by atoms with E-state index in [-0.39, 0.29) is 18.7 Å². The molecule has 7 rings (SSSR count). The van der Waals surface area contributed by atoms with E-state index in [1.165, 1.54) is 6.20 Å². The van der Waals surface area contributed by atoms with Gasteiger partial charge in [-0.25, -0.2) is 18.3 Å². The van der Waals surface area contributed by atoms with Crippen molar-refractivity contribution in [2.75, 3.05) is 61.5 Å². The molecule has 1 aliphatic heterocycles. The van der Waals surface area contributed by atoms with Gasteiger partial charge >= 0.3 is 0 Å². The molecule has 1 saturated heterocycles. The van der Waals surface area contributed by atoms with Crippen molar-refractivity contribution in [3.05, 3.63) is 95.9 Å². The van der Waals surface area contributed by atoms with E-state index in [0.717, 1.165) is 116 Å². The number of fused-ring (bicyclic) bond motifs is 2. The minimum atomic E-state index is -1.36. The molecule has 17 heteroatoms. The van der Waals surface area contributed by atoms with Crippen molar-refractivity contribution < 1.29 is 27.9 Å². The number of carbonyl (C=O) groups is 3. The SMILES string of the molecule is CCOc1cc(-c2ccc(N3CCC(NC(=O)c4cc(F)ccc4F)(C(=O)NCCCCCCCCCCNc4cccc5c(N(C)CCC=O)nn(C)c45)CC3)nc2)c2c(C#N)cnn2c1. The maximum atomic E-state index is 14.7. The van der Waals surface area contributed by atoms with Gasteiger partial charge in [-0.1, -0.05) is 44.6 Å². The number of nitriles is 1. The van der Waals surface area contributed by atoms with Crippen LogP contribution in [0.25, 0.3) is 27.5 Å². The summed E-state index contributed by atoms with van der Waals surface area (Å²) in [7, 11) is 3.90. The van der Waals surface area contributed by atoms with E-state index < -0.39 is 28.6 Å². The molecule has 0 bridgehead atoms. The van der Waals surface area contributed by atoms with Crippen LogP contribution in [0.1, 0.15) is 93.5 Å². The normalized spacial score (nSPS) is 13.3. The van der Waals surface area contributed by atoms with Crippen molar-refractivity contribution in [1.29, 1.82) is 5.26 Å². The van der Waals surface area contributed by atoms with Crippen LogP contribution in [0, 0.1) is 23.0 Å². The zero-order valence-corrected chi connectivity index (χ0v) is 38.5. The van der Waals surface area contributed by atoms with Crippen LogP contribution in [0.2, 0.25) is 0 Å². The summed E-state index contributed by atoms with van der Waals surface area (Å²) in [4.78, 5) is 47.1. The number of hydrogen-bond acceptors (Lipinski definition) is 11. The summed E-state index contributed by atoms with van der Waals surface area (Å²) in [5.74, 6) is -0.715. The lowest BCUT2D eigenvalue weighted by Crippen LogP contribution is -2.63. The molecule has 4 aromatic heterocycles. The highest BCUT2D eigenvalue weighted by molar-refractivity contribution is 6.00. The van der Waals surface area contributed by atoms with Gasteiger partial charge in [0.1, 0.15) is 41.1 Å². The molecule has 0 radical (unpaired) electrons. The summed E-state index contributed by atoms with van der Waals surface area (Å²) >= 11 is 0. The fraction of sp³-hybridized carbons (Fsp3) is 0.420. The average Bonchev–Trinajstić information content (AvgIpc) is 3.92. The number of nitrogens with one attached hydrogen (secondary N) is 3. The highest BCUT2D eigenvalue weighted by atomic mass is 19.1. The molecular weight excluding hydrogens is 857 g/mol. The van der Waals surface area contributed by atoms with E-state index in [0.29, 0.717) is 61.9 Å². The number of piperidine rings is 1. The van der Waals surface area contributed by atoms with E-state index in [2.05, 4.69) is 39.3 Å². The van der Waals surface area contributed by atoms with Gasteiger partial charge < -0.3 is 35.3 Å². The molecule has 2 amide bonds. The highest BCUT2D eigenvalue weighted by Gasteiger charge is 2.43. The Hall–Kier alpha value is -7.09. The summed E-state index contributed by atoms with van der Waals surface area (Å²) in [6.07, 6.45) is 15.0. The third-order valence-electron chi connectivity index (χ3n) is 12.5. The van der Waals surface area contributed by atoms with E-state index in [4.69, 9.17) is 14.8 Å². The second kappa shape index (κ2) is 22.4. The van der Waals surface area contributed by atoms with Crippen molar-refractivity contribution in [2.45, 2.75) is 83.1 Å². The topological polar surface area (TPSA) is 175 Å². The molecule has 0 atom stereocenters. The number of pyridine rings is 2. The molecule has 3 N–H and O–H groups in total. The molecular formula is C50H59F2N11O4. The third kappa shape index (κ3) is 11.3. The number of para-hydroxylation sites is 1. The highest BCUT2D eigenvalue weighted by Crippen LogP contribution is 2.34. The first-order valence-electron chi connectivity index (χ1n) is 23.2. The molecule has 0 spiro atoms. The molecule has 6 aromatic rings. The first-order chi connectivity index (χ1) is 32.5. The third-order valence-corrected chi connectivity index (χ3v) is 12.5. The maximum absolute atomic E-state index is 14.7.